The number of hydrogen-bond acceptors (Lipinski definition) is 7. The standard InChI is InChI=1S/C18H23N5O4/c1-26-17(24)12-27-15-4-2-3-13(9-15)10-20-18(25)16-11-23(22-21-16)14-5-7-19-8-6-14/h2-4,9,11,14,19H,5-8,10,12H2,1H3,(H,20,25). The first-order valence-corrected chi connectivity index (χ1v) is 8.85. The molecule has 9 nitrogen and oxygen atoms in total. The van der Waals surface area contributed by atoms with E-state index in [-0.39, 0.29) is 18.6 Å². The molecular formula is C18H23N5O4. The molecule has 1 aliphatic rings. The summed E-state index contributed by atoms with van der Waals surface area (Å²) >= 11 is 0. The Morgan fingerprint density at radius 2 is 2.15 bits per heavy atom. The lowest BCUT2D eigenvalue weighted by Gasteiger charge is -2.22. The fraction of sp³-hybridized carbons (Fsp3) is 0.444. The Bertz CT molecular complexity index is 786. The molecule has 27 heavy (non-hydrogen) atoms. The summed E-state index contributed by atoms with van der Waals surface area (Å²) in [5.74, 6) is -0.203. The van der Waals surface area contributed by atoms with Gasteiger partial charge >= 0.3 is 5.97 Å². The van der Waals surface area contributed by atoms with Gasteiger partial charge in [-0.05, 0) is 43.6 Å². The molecule has 1 aromatic heterocycles. The fourth-order valence-electron chi connectivity index (χ4n) is 2.85. The quantitative estimate of drug-likeness (QED) is 0.687. The molecule has 0 unspecified atom stereocenters. The lowest BCUT2D eigenvalue weighted by molar-refractivity contribution is -0.142. The lowest BCUT2D eigenvalue weighted by Crippen LogP contribution is -2.29. The van der Waals surface area contributed by atoms with Gasteiger partial charge in [-0.25, -0.2) is 9.48 Å². The highest BCUT2D eigenvalue weighted by Gasteiger charge is 2.18. The van der Waals surface area contributed by atoms with E-state index in [2.05, 4.69) is 25.7 Å². The van der Waals surface area contributed by atoms with Gasteiger partial charge in [-0.15, -0.1) is 5.10 Å². The van der Waals surface area contributed by atoms with Gasteiger partial charge < -0.3 is 20.1 Å². The van der Waals surface area contributed by atoms with Crippen molar-refractivity contribution in [3.05, 3.63) is 41.7 Å². The van der Waals surface area contributed by atoms with Crippen LogP contribution in [0.15, 0.2) is 30.5 Å². The van der Waals surface area contributed by atoms with Crippen LogP contribution in [0.1, 0.15) is 34.9 Å². The van der Waals surface area contributed by atoms with Crippen LogP contribution in [0, 0.1) is 0 Å². The average molecular weight is 373 g/mol. The number of aromatic nitrogens is 3. The summed E-state index contributed by atoms with van der Waals surface area (Å²) in [5, 5.41) is 14.2. The maximum Gasteiger partial charge on any atom is 0.343 e. The molecule has 0 spiro atoms. The molecule has 0 atom stereocenters. The first kappa shape index (κ1) is 18.8. The van der Waals surface area contributed by atoms with Crippen LogP contribution >= 0.6 is 0 Å². The molecule has 2 heterocycles. The van der Waals surface area contributed by atoms with Crippen molar-refractivity contribution in [2.75, 3.05) is 26.8 Å². The topological polar surface area (TPSA) is 107 Å². The van der Waals surface area contributed by atoms with Crippen LogP contribution < -0.4 is 15.4 Å². The van der Waals surface area contributed by atoms with Crippen LogP contribution in [0.4, 0.5) is 0 Å². The monoisotopic (exact) mass is 373 g/mol. The largest absolute Gasteiger partial charge is 0.482 e. The molecule has 9 heteroatoms. The van der Waals surface area contributed by atoms with Gasteiger partial charge in [0.2, 0.25) is 0 Å². The number of piperidine rings is 1. The summed E-state index contributed by atoms with van der Waals surface area (Å²) in [6, 6.07) is 7.43. The predicted molar refractivity (Wildman–Crippen MR) is 96.3 cm³/mol. The second-order valence-corrected chi connectivity index (χ2v) is 6.26. The normalized spacial score (nSPS) is 14.6. The zero-order valence-electron chi connectivity index (χ0n) is 15.2. The van der Waals surface area contributed by atoms with Gasteiger partial charge in [0, 0.05) is 6.54 Å². The zero-order valence-corrected chi connectivity index (χ0v) is 15.2. The first-order valence-electron chi connectivity index (χ1n) is 8.85. The van der Waals surface area contributed by atoms with E-state index in [1.807, 2.05) is 6.07 Å². The van der Waals surface area contributed by atoms with Crippen molar-refractivity contribution in [1.29, 1.82) is 0 Å². The van der Waals surface area contributed by atoms with Crippen LogP contribution in [0.2, 0.25) is 0 Å². The van der Waals surface area contributed by atoms with Crippen molar-refractivity contribution in [1.82, 2.24) is 25.6 Å². The summed E-state index contributed by atoms with van der Waals surface area (Å²) in [5.41, 5.74) is 1.14. The van der Waals surface area contributed by atoms with E-state index in [1.54, 1.807) is 29.1 Å². The average Bonchev–Trinajstić information content (AvgIpc) is 3.21. The number of carbonyl (C=O) groups excluding carboxylic acids is 2. The minimum atomic E-state index is -0.453. The molecule has 144 valence electrons. The van der Waals surface area contributed by atoms with Gasteiger partial charge in [0.05, 0.1) is 19.3 Å². The highest BCUT2D eigenvalue weighted by Crippen LogP contribution is 2.17. The molecule has 0 aliphatic carbocycles. The van der Waals surface area contributed by atoms with Crippen molar-refractivity contribution in [2.24, 2.45) is 0 Å². The van der Waals surface area contributed by atoms with Crippen molar-refractivity contribution >= 4 is 11.9 Å². The molecule has 1 aromatic carbocycles. The number of ether oxygens (including phenoxy) is 2. The molecule has 1 aliphatic heterocycles. The summed E-state index contributed by atoms with van der Waals surface area (Å²) in [6.07, 6.45) is 3.65. The number of nitrogens with zero attached hydrogens (tertiary/aromatic N) is 3. The van der Waals surface area contributed by atoms with Gasteiger partial charge in [-0.2, -0.15) is 0 Å². The Hall–Kier alpha value is -2.94. The Morgan fingerprint density at radius 3 is 2.93 bits per heavy atom. The summed E-state index contributed by atoms with van der Waals surface area (Å²) in [6.45, 7) is 2.04. The van der Waals surface area contributed by atoms with Crippen LogP contribution in [0.3, 0.4) is 0 Å². The zero-order chi connectivity index (χ0) is 19.1. The van der Waals surface area contributed by atoms with Crippen molar-refractivity contribution in [2.45, 2.75) is 25.4 Å². The maximum absolute atomic E-state index is 12.3. The minimum absolute atomic E-state index is 0.161. The number of methoxy groups -OCH3 is 1. The number of amides is 1. The SMILES string of the molecule is COC(=O)COc1cccc(CNC(=O)c2cn(C3CCNCC3)nn2)c1. The molecule has 2 N–H and O–H groups in total. The van der Waals surface area contributed by atoms with Gasteiger partial charge in [0.1, 0.15) is 5.75 Å². The second-order valence-electron chi connectivity index (χ2n) is 6.26. The van der Waals surface area contributed by atoms with Crippen LogP contribution in [-0.4, -0.2) is 53.7 Å². The smallest absolute Gasteiger partial charge is 0.343 e. The van der Waals surface area contributed by atoms with Crippen LogP contribution in [0.25, 0.3) is 0 Å². The summed E-state index contributed by atoms with van der Waals surface area (Å²) in [7, 11) is 1.30. The molecule has 0 saturated carbocycles. The van der Waals surface area contributed by atoms with Crippen molar-refractivity contribution in [3.8, 4) is 5.75 Å². The van der Waals surface area contributed by atoms with Crippen LogP contribution in [0.5, 0.6) is 5.75 Å². The van der Waals surface area contributed by atoms with Gasteiger partial charge in [0.25, 0.3) is 5.91 Å². The molecule has 0 radical (unpaired) electrons. The third-order valence-electron chi connectivity index (χ3n) is 4.36. The van der Waals surface area contributed by atoms with Gasteiger partial charge in [-0.1, -0.05) is 17.3 Å². The molecule has 2 aromatic rings. The summed E-state index contributed by atoms with van der Waals surface area (Å²) in [4.78, 5) is 23.5. The Kier molecular flexibility index (Phi) is 6.37. The molecule has 1 amide bonds. The van der Waals surface area contributed by atoms with E-state index < -0.39 is 5.97 Å². The van der Waals surface area contributed by atoms with Crippen molar-refractivity contribution in [3.63, 3.8) is 0 Å². The van der Waals surface area contributed by atoms with Gasteiger partial charge in [0.15, 0.2) is 12.3 Å². The molecule has 1 saturated heterocycles. The summed E-state index contributed by atoms with van der Waals surface area (Å²) < 4.78 is 11.7. The van der Waals surface area contributed by atoms with E-state index in [1.165, 1.54) is 7.11 Å². The minimum Gasteiger partial charge on any atom is -0.482 e. The highest BCUT2D eigenvalue weighted by atomic mass is 16.6. The number of hydrogen-bond donors (Lipinski definition) is 2. The third kappa shape index (κ3) is 5.27. The van der Waals surface area contributed by atoms with E-state index >= 15 is 0 Å². The predicted octanol–water partition coefficient (Wildman–Crippen LogP) is 0.684. The number of esters is 1. The number of nitrogens with one attached hydrogen (secondary N) is 2. The molecule has 0 bridgehead atoms. The molecule has 1 fully saturated rings. The number of rotatable bonds is 7. The Morgan fingerprint density at radius 1 is 1.33 bits per heavy atom. The second kappa shape index (κ2) is 9.13. The van der Waals surface area contributed by atoms with E-state index in [0.29, 0.717) is 18.0 Å². The Balaban J connectivity index is 1.53. The maximum atomic E-state index is 12.3. The lowest BCUT2D eigenvalue weighted by atomic mass is 10.1. The van der Waals surface area contributed by atoms with E-state index in [9.17, 15) is 9.59 Å². The number of carbonyl (C=O) groups is 2. The van der Waals surface area contributed by atoms with E-state index in [4.69, 9.17) is 4.74 Å². The van der Waals surface area contributed by atoms with Crippen molar-refractivity contribution < 1.29 is 19.1 Å². The molecular weight excluding hydrogens is 350 g/mol. The fourth-order valence-corrected chi connectivity index (χ4v) is 2.85. The number of benzene rings is 1. The third-order valence-corrected chi connectivity index (χ3v) is 4.36. The van der Waals surface area contributed by atoms with Crippen LogP contribution in [-0.2, 0) is 16.1 Å². The molecule has 3 rings (SSSR count). The highest BCUT2D eigenvalue weighted by molar-refractivity contribution is 5.91. The van der Waals surface area contributed by atoms with Gasteiger partial charge in [-0.3, -0.25) is 4.79 Å². The Labute approximate surface area is 157 Å². The van der Waals surface area contributed by atoms with E-state index in [0.717, 1.165) is 31.5 Å². The first-order chi connectivity index (χ1) is 13.2.